The Labute approximate surface area is 208 Å². The molecule has 37 heavy (non-hydrogen) atoms. The molecule has 0 aromatic heterocycles. The summed E-state index contributed by atoms with van der Waals surface area (Å²) in [6, 6.07) is 2.43. The van der Waals surface area contributed by atoms with Crippen LogP contribution in [0.25, 0.3) is 6.08 Å². The van der Waals surface area contributed by atoms with Gasteiger partial charge in [-0.2, -0.15) is 0 Å². The number of ether oxygens (including phenoxy) is 5. The van der Waals surface area contributed by atoms with Crippen LogP contribution >= 0.6 is 0 Å². The highest BCUT2D eigenvalue weighted by Gasteiger charge is 2.45. The van der Waals surface area contributed by atoms with Crippen LogP contribution in [0, 0.1) is 0 Å². The van der Waals surface area contributed by atoms with E-state index in [2.05, 4.69) is 0 Å². The summed E-state index contributed by atoms with van der Waals surface area (Å²) in [5.41, 5.74) is -0.310. The summed E-state index contributed by atoms with van der Waals surface area (Å²) >= 11 is 0. The van der Waals surface area contributed by atoms with Gasteiger partial charge in [-0.3, -0.25) is 4.79 Å². The van der Waals surface area contributed by atoms with E-state index in [0.29, 0.717) is 0 Å². The molecule has 0 spiro atoms. The van der Waals surface area contributed by atoms with Crippen molar-refractivity contribution in [2.24, 2.45) is 0 Å². The molecule has 14 nitrogen and oxygen atoms in total. The highest BCUT2D eigenvalue weighted by Crippen LogP contribution is 2.55. The number of rotatable bonds is 6. The molecular formula is C23H24O14. The quantitative estimate of drug-likeness (QED) is 0.173. The fourth-order valence-electron chi connectivity index (χ4n) is 3.93. The SMILES string of the molecule is COc1cc(C=C2Oc3c(OC)c(O)c(O)c(O)c3C2=O)cc(O)c1O[C@@H]1O[C@H](CO)[C@@H](O)[C@H](O)[C@H]1O. The van der Waals surface area contributed by atoms with Crippen molar-refractivity contribution in [3.8, 4) is 46.0 Å². The third kappa shape index (κ3) is 4.30. The van der Waals surface area contributed by atoms with E-state index in [9.17, 15) is 45.6 Å². The van der Waals surface area contributed by atoms with Crippen LogP contribution in [0.3, 0.4) is 0 Å². The highest BCUT2D eigenvalue weighted by atomic mass is 16.7. The van der Waals surface area contributed by atoms with Crippen LogP contribution < -0.4 is 18.9 Å². The Morgan fingerprint density at radius 1 is 0.919 bits per heavy atom. The van der Waals surface area contributed by atoms with Crippen LogP contribution in [0.5, 0.6) is 46.0 Å². The number of hydrogen-bond donors (Lipinski definition) is 8. The number of carbonyl (C=O) groups is 1. The van der Waals surface area contributed by atoms with Gasteiger partial charge in [0.25, 0.3) is 0 Å². The first kappa shape index (κ1) is 26.1. The van der Waals surface area contributed by atoms with E-state index >= 15 is 0 Å². The first-order chi connectivity index (χ1) is 17.5. The topological polar surface area (TPSA) is 225 Å². The molecule has 0 amide bonds. The number of carbonyl (C=O) groups excluding carboxylic acids is 1. The first-order valence-corrected chi connectivity index (χ1v) is 10.7. The van der Waals surface area contributed by atoms with E-state index in [1.807, 2.05) is 0 Å². The zero-order chi connectivity index (χ0) is 27.2. The minimum atomic E-state index is -1.75. The maximum atomic E-state index is 12.8. The number of phenolic OH excluding ortho intramolecular Hbond substituents is 4. The van der Waals surface area contributed by atoms with Crippen LogP contribution in [-0.2, 0) is 4.74 Å². The molecule has 4 rings (SSSR count). The van der Waals surface area contributed by atoms with Gasteiger partial charge in [0, 0.05) is 0 Å². The highest BCUT2D eigenvalue weighted by molar-refractivity contribution is 6.17. The van der Waals surface area contributed by atoms with Gasteiger partial charge in [-0.25, -0.2) is 0 Å². The fraction of sp³-hybridized carbons (Fsp3) is 0.348. The van der Waals surface area contributed by atoms with Crippen molar-refractivity contribution >= 4 is 11.9 Å². The second kappa shape index (κ2) is 9.84. The molecule has 200 valence electrons. The largest absolute Gasteiger partial charge is 0.504 e. The van der Waals surface area contributed by atoms with Gasteiger partial charge in [-0.05, 0) is 23.8 Å². The Bertz CT molecular complexity index is 1250. The molecule has 0 saturated carbocycles. The van der Waals surface area contributed by atoms with Gasteiger partial charge in [-0.15, -0.1) is 0 Å². The summed E-state index contributed by atoms with van der Waals surface area (Å²) in [7, 11) is 2.38. The Kier molecular flexibility index (Phi) is 6.94. The molecule has 1 saturated heterocycles. The second-order valence-corrected chi connectivity index (χ2v) is 8.11. The van der Waals surface area contributed by atoms with E-state index < -0.39 is 71.7 Å². The van der Waals surface area contributed by atoms with Crippen molar-refractivity contribution in [2.75, 3.05) is 20.8 Å². The number of benzene rings is 2. The molecule has 1 fully saturated rings. The molecule has 0 bridgehead atoms. The average molecular weight is 524 g/mol. The van der Waals surface area contributed by atoms with Crippen LogP contribution in [0.15, 0.2) is 17.9 Å². The van der Waals surface area contributed by atoms with Crippen LogP contribution in [0.2, 0.25) is 0 Å². The number of Topliss-reactive ketones (excluding diaryl/α,β-unsaturated/α-hetero) is 1. The number of hydrogen-bond acceptors (Lipinski definition) is 14. The Balaban J connectivity index is 1.66. The number of allylic oxidation sites excluding steroid dienone is 1. The number of ketones is 1. The summed E-state index contributed by atoms with van der Waals surface area (Å²) in [6.45, 7) is -0.688. The summed E-state index contributed by atoms with van der Waals surface area (Å²) in [5, 5.41) is 80.0. The Hall–Kier alpha value is -3.95. The van der Waals surface area contributed by atoms with Crippen molar-refractivity contribution < 1.29 is 69.3 Å². The molecule has 2 heterocycles. The van der Waals surface area contributed by atoms with Crippen molar-refractivity contribution in [3.05, 3.63) is 29.0 Å². The number of methoxy groups -OCH3 is 2. The Morgan fingerprint density at radius 3 is 2.24 bits per heavy atom. The average Bonchev–Trinajstić information content (AvgIpc) is 3.19. The molecule has 2 aliphatic rings. The maximum absolute atomic E-state index is 12.8. The monoisotopic (exact) mass is 524 g/mol. The normalized spacial score (nSPS) is 26.1. The van der Waals surface area contributed by atoms with E-state index in [0.717, 1.165) is 19.3 Å². The lowest BCUT2D eigenvalue weighted by Crippen LogP contribution is -2.60. The van der Waals surface area contributed by atoms with Gasteiger partial charge in [0.15, 0.2) is 28.8 Å². The molecule has 2 aromatic carbocycles. The van der Waals surface area contributed by atoms with Crippen molar-refractivity contribution in [2.45, 2.75) is 30.7 Å². The predicted octanol–water partition coefficient (Wildman–Crippen LogP) is -0.679. The zero-order valence-corrected chi connectivity index (χ0v) is 19.4. The summed E-state index contributed by atoms with van der Waals surface area (Å²) in [6.07, 6.45) is -6.77. The fourth-order valence-corrected chi connectivity index (χ4v) is 3.93. The van der Waals surface area contributed by atoms with E-state index in [1.165, 1.54) is 13.2 Å². The zero-order valence-electron chi connectivity index (χ0n) is 19.4. The number of phenols is 4. The third-order valence-electron chi connectivity index (χ3n) is 5.86. The van der Waals surface area contributed by atoms with Gasteiger partial charge in [0.2, 0.25) is 35.1 Å². The molecule has 0 unspecified atom stereocenters. The molecular weight excluding hydrogens is 500 g/mol. The van der Waals surface area contributed by atoms with Crippen LogP contribution in [0.1, 0.15) is 15.9 Å². The third-order valence-corrected chi connectivity index (χ3v) is 5.86. The van der Waals surface area contributed by atoms with Gasteiger partial charge < -0.3 is 64.5 Å². The lowest BCUT2D eigenvalue weighted by atomic mass is 9.99. The number of fused-ring (bicyclic) bond motifs is 1. The number of aromatic hydroxyl groups is 4. The lowest BCUT2D eigenvalue weighted by molar-refractivity contribution is -0.277. The van der Waals surface area contributed by atoms with Crippen molar-refractivity contribution in [3.63, 3.8) is 0 Å². The minimum absolute atomic E-state index is 0.109. The smallest absolute Gasteiger partial charge is 0.236 e. The van der Waals surface area contributed by atoms with Crippen LogP contribution in [0.4, 0.5) is 0 Å². The van der Waals surface area contributed by atoms with Crippen LogP contribution in [-0.4, -0.2) is 98.2 Å². The molecule has 2 aromatic rings. The Morgan fingerprint density at radius 2 is 1.62 bits per heavy atom. The lowest BCUT2D eigenvalue weighted by Gasteiger charge is -2.39. The van der Waals surface area contributed by atoms with Gasteiger partial charge in [0.1, 0.15) is 30.0 Å². The summed E-state index contributed by atoms with van der Waals surface area (Å²) in [4.78, 5) is 12.8. The second-order valence-electron chi connectivity index (χ2n) is 8.11. The number of aliphatic hydroxyl groups is 4. The summed E-state index contributed by atoms with van der Waals surface area (Å²) < 4.78 is 26.4. The molecule has 14 heteroatoms. The van der Waals surface area contributed by atoms with E-state index in [4.69, 9.17) is 23.7 Å². The maximum Gasteiger partial charge on any atom is 0.236 e. The first-order valence-electron chi connectivity index (χ1n) is 10.7. The van der Waals surface area contributed by atoms with Gasteiger partial charge >= 0.3 is 0 Å². The van der Waals surface area contributed by atoms with Crippen molar-refractivity contribution in [1.82, 2.24) is 0 Å². The molecule has 0 radical (unpaired) electrons. The summed E-state index contributed by atoms with van der Waals surface area (Å²) in [5.74, 6) is -5.64. The van der Waals surface area contributed by atoms with Crippen molar-refractivity contribution in [1.29, 1.82) is 0 Å². The standard InChI is InChI=1S/C23H24O14/c1-33-10-5-7(3-8(25)20(10)37-23-19(32)16(29)14(27)11(6-24)36-23)4-9-13(26)12-15(28)17(30)18(31)22(34-2)21(12)35-9/h3-5,11,14,16,19,23-25,27-32H,6H2,1-2H3/t11-,14-,16+,19-,23+/m1/s1. The minimum Gasteiger partial charge on any atom is -0.504 e. The van der Waals surface area contributed by atoms with Gasteiger partial charge in [-0.1, -0.05) is 0 Å². The number of aliphatic hydroxyl groups excluding tert-OH is 4. The molecule has 0 aliphatic carbocycles. The van der Waals surface area contributed by atoms with E-state index in [-0.39, 0.29) is 34.3 Å². The molecule has 2 aliphatic heterocycles. The van der Waals surface area contributed by atoms with Gasteiger partial charge in [0.05, 0.1) is 20.8 Å². The van der Waals surface area contributed by atoms with E-state index in [1.54, 1.807) is 0 Å². The predicted molar refractivity (Wildman–Crippen MR) is 120 cm³/mol. The molecule has 5 atom stereocenters. The molecule has 8 N–H and O–H groups in total.